The average Bonchev–Trinajstić information content (AvgIpc) is 2.48. The van der Waals surface area contributed by atoms with Gasteiger partial charge in [-0.3, -0.25) is 4.79 Å². The fourth-order valence-electron chi connectivity index (χ4n) is 2.70. The molecule has 1 aliphatic rings. The molecule has 3 N–H and O–H groups in total. The predicted molar refractivity (Wildman–Crippen MR) is 89.5 cm³/mol. The first-order valence-electron chi connectivity index (χ1n) is 7.49. The molecule has 1 heterocycles. The van der Waals surface area contributed by atoms with E-state index < -0.39 is 0 Å². The number of thiocarbonyl (C=S) groups is 1. The molecule has 5 heteroatoms. The molecule has 0 aliphatic carbocycles. The summed E-state index contributed by atoms with van der Waals surface area (Å²) in [6.07, 6.45) is 3.84. The van der Waals surface area contributed by atoms with E-state index in [2.05, 4.69) is 10.2 Å². The van der Waals surface area contributed by atoms with Gasteiger partial charge in [0.25, 0.3) is 5.91 Å². The highest BCUT2D eigenvalue weighted by molar-refractivity contribution is 7.80. The minimum atomic E-state index is -0.0717. The van der Waals surface area contributed by atoms with Crippen LogP contribution in [0.3, 0.4) is 0 Å². The molecule has 1 unspecified atom stereocenters. The monoisotopic (exact) mass is 305 g/mol. The zero-order valence-corrected chi connectivity index (χ0v) is 13.3. The quantitative estimate of drug-likeness (QED) is 0.816. The molecular weight excluding hydrogens is 282 g/mol. The number of nitrogens with one attached hydrogen (secondary N) is 1. The van der Waals surface area contributed by atoms with Crippen molar-refractivity contribution in [2.45, 2.75) is 32.2 Å². The molecule has 21 heavy (non-hydrogen) atoms. The largest absolute Gasteiger partial charge is 0.389 e. The smallest absolute Gasteiger partial charge is 0.251 e. The van der Waals surface area contributed by atoms with Crippen LogP contribution in [-0.4, -0.2) is 41.5 Å². The van der Waals surface area contributed by atoms with E-state index in [0.717, 1.165) is 25.2 Å². The number of carbonyl (C=O) groups is 1. The number of likely N-dealkylation sites (tertiary alicyclic amines) is 1. The molecule has 0 bridgehead atoms. The van der Waals surface area contributed by atoms with Crippen LogP contribution in [0.25, 0.3) is 0 Å². The molecule has 0 aromatic heterocycles. The maximum absolute atomic E-state index is 12.3. The van der Waals surface area contributed by atoms with E-state index in [1.54, 1.807) is 18.2 Å². The SMILES string of the molecule is CC(CN1CCCCC1)NC(=O)c1cccc(C(N)=S)c1. The lowest BCUT2D eigenvalue weighted by Crippen LogP contribution is -2.43. The number of rotatable bonds is 5. The Kier molecular flexibility index (Phi) is 5.70. The minimum Gasteiger partial charge on any atom is -0.389 e. The zero-order chi connectivity index (χ0) is 15.2. The number of hydrogen-bond acceptors (Lipinski definition) is 3. The number of piperidine rings is 1. The highest BCUT2D eigenvalue weighted by Gasteiger charge is 2.16. The molecule has 1 atom stereocenters. The zero-order valence-electron chi connectivity index (χ0n) is 12.5. The third-order valence-corrected chi connectivity index (χ3v) is 4.00. The van der Waals surface area contributed by atoms with E-state index in [1.807, 2.05) is 13.0 Å². The van der Waals surface area contributed by atoms with E-state index in [1.165, 1.54) is 19.3 Å². The van der Waals surface area contributed by atoms with Gasteiger partial charge in [-0.25, -0.2) is 0 Å². The molecule has 2 rings (SSSR count). The molecule has 0 radical (unpaired) electrons. The van der Waals surface area contributed by atoms with Gasteiger partial charge in [-0.15, -0.1) is 0 Å². The van der Waals surface area contributed by atoms with E-state index in [9.17, 15) is 4.79 Å². The van der Waals surface area contributed by atoms with Crippen molar-refractivity contribution in [3.8, 4) is 0 Å². The summed E-state index contributed by atoms with van der Waals surface area (Å²) in [7, 11) is 0. The van der Waals surface area contributed by atoms with Crippen LogP contribution in [0.15, 0.2) is 24.3 Å². The molecule has 4 nitrogen and oxygen atoms in total. The van der Waals surface area contributed by atoms with Crippen LogP contribution in [0.1, 0.15) is 42.1 Å². The van der Waals surface area contributed by atoms with Crippen molar-refractivity contribution in [3.05, 3.63) is 35.4 Å². The van der Waals surface area contributed by atoms with E-state index in [4.69, 9.17) is 18.0 Å². The normalized spacial score (nSPS) is 17.2. The van der Waals surface area contributed by atoms with Gasteiger partial charge in [0.05, 0.1) is 0 Å². The second kappa shape index (κ2) is 7.52. The van der Waals surface area contributed by atoms with Crippen LogP contribution in [0.5, 0.6) is 0 Å². The second-order valence-electron chi connectivity index (χ2n) is 5.68. The molecular formula is C16H23N3OS. The number of nitrogens with two attached hydrogens (primary N) is 1. The van der Waals surface area contributed by atoms with Crippen LogP contribution in [0.4, 0.5) is 0 Å². The highest BCUT2D eigenvalue weighted by atomic mass is 32.1. The van der Waals surface area contributed by atoms with Gasteiger partial charge in [-0.05, 0) is 45.0 Å². The average molecular weight is 305 g/mol. The predicted octanol–water partition coefficient (Wildman–Crippen LogP) is 1.93. The lowest BCUT2D eigenvalue weighted by atomic mass is 10.1. The van der Waals surface area contributed by atoms with Crippen molar-refractivity contribution in [1.82, 2.24) is 10.2 Å². The van der Waals surface area contributed by atoms with E-state index >= 15 is 0 Å². The van der Waals surface area contributed by atoms with Gasteiger partial charge in [0.15, 0.2) is 0 Å². The van der Waals surface area contributed by atoms with Gasteiger partial charge in [0, 0.05) is 23.7 Å². The lowest BCUT2D eigenvalue weighted by Gasteiger charge is -2.29. The van der Waals surface area contributed by atoms with E-state index in [-0.39, 0.29) is 11.9 Å². The second-order valence-corrected chi connectivity index (χ2v) is 6.12. The number of benzene rings is 1. The minimum absolute atomic E-state index is 0.0717. The van der Waals surface area contributed by atoms with Crippen molar-refractivity contribution >= 4 is 23.1 Å². The van der Waals surface area contributed by atoms with Crippen molar-refractivity contribution in [2.75, 3.05) is 19.6 Å². The third-order valence-electron chi connectivity index (χ3n) is 3.77. The molecule has 1 aromatic rings. The van der Waals surface area contributed by atoms with Gasteiger partial charge in [0.1, 0.15) is 4.99 Å². The van der Waals surface area contributed by atoms with Gasteiger partial charge < -0.3 is 16.0 Å². The van der Waals surface area contributed by atoms with Crippen LogP contribution in [0, 0.1) is 0 Å². The molecule has 1 saturated heterocycles. The summed E-state index contributed by atoms with van der Waals surface area (Å²) >= 11 is 4.94. The Morgan fingerprint density at radius 1 is 1.33 bits per heavy atom. The Bertz CT molecular complexity index is 512. The maximum atomic E-state index is 12.3. The maximum Gasteiger partial charge on any atom is 0.251 e. The topological polar surface area (TPSA) is 58.4 Å². The van der Waals surface area contributed by atoms with Crippen molar-refractivity contribution < 1.29 is 4.79 Å². The van der Waals surface area contributed by atoms with Gasteiger partial charge in [-0.2, -0.15) is 0 Å². The van der Waals surface area contributed by atoms with Gasteiger partial charge >= 0.3 is 0 Å². The Morgan fingerprint density at radius 2 is 2.00 bits per heavy atom. The fraction of sp³-hybridized carbons (Fsp3) is 0.500. The summed E-state index contributed by atoms with van der Waals surface area (Å²) in [6, 6.07) is 7.27. The number of amides is 1. The number of nitrogens with zero attached hydrogens (tertiary/aromatic N) is 1. The molecule has 0 saturated carbocycles. The summed E-state index contributed by atoms with van der Waals surface area (Å²) < 4.78 is 0. The Labute approximate surface area is 131 Å². The Balaban J connectivity index is 1.90. The fourth-order valence-corrected chi connectivity index (χ4v) is 2.82. The van der Waals surface area contributed by atoms with Gasteiger partial charge in [-0.1, -0.05) is 30.8 Å². The van der Waals surface area contributed by atoms with Crippen molar-refractivity contribution in [2.24, 2.45) is 5.73 Å². The van der Waals surface area contributed by atoms with Crippen molar-refractivity contribution in [1.29, 1.82) is 0 Å². The molecule has 114 valence electrons. The van der Waals surface area contributed by atoms with Crippen molar-refractivity contribution in [3.63, 3.8) is 0 Å². The summed E-state index contributed by atoms with van der Waals surface area (Å²) in [5.41, 5.74) is 6.93. The van der Waals surface area contributed by atoms with Crippen LogP contribution in [0.2, 0.25) is 0 Å². The van der Waals surface area contributed by atoms with Gasteiger partial charge in [0.2, 0.25) is 0 Å². The Morgan fingerprint density at radius 3 is 2.67 bits per heavy atom. The Hall–Kier alpha value is -1.46. The third kappa shape index (κ3) is 4.79. The lowest BCUT2D eigenvalue weighted by molar-refractivity contribution is 0.0925. The summed E-state index contributed by atoms with van der Waals surface area (Å²) in [5, 5.41) is 3.04. The molecule has 1 fully saturated rings. The first-order chi connectivity index (χ1) is 10.1. The van der Waals surface area contributed by atoms with Crippen LogP contribution in [-0.2, 0) is 0 Å². The number of carbonyl (C=O) groups excluding carboxylic acids is 1. The molecule has 1 aromatic carbocycles. The highest BCUT2D eigenvalue weighted by Crippen LogP contribution is 2.09. The molecule has 1 aliphatic heterocycles. The summed E-state index contributed by atoms with van der Waals surface area (Å²) in [5.74, 6) is -0.0717. The summed E-state index contributed by atoms with van der Waals surface area (Å²) in [4.78, 5) is 15.0. The standard InChI is InChI=1S/C16H23N3OS/c1-12(11-19-8-3-2-4-9-19)18-16(20)14-7-5-6-13(10-14)15(17)21/h5-7,10,12H,2-4,8-9,11H2,1H3,(H2,17,21)(H,18,20). The van der Waals surface area contributed by atoms with Crippen LogP contribution >= 0.6 is 12.2 Å². The molecule has 0 spiro atoms. The first-order valence-corrected chi connectivity index (χ1v) is 7.90. The summed E-state index contributed by atoms with van der Waals surface area (Å²) in [6.45, 7) is 5.22. The molecule has 1 amide bonds. The first kappa shape index (κ1) is 15.9. The van der Waals surface area contributed by atoms with Crippen LogP contribution < -0.4 is 11.1 Å². The van der Waals surface area contributed by atoms with E-state index in [0.29, 0.717) is 10.6 Å². The number of hydrogen-bond donors (Lipinski definition) is 2.